The zero-order valence-corrected chi connectivity index (χ0v) is 12.8. The number of rotatable bonds is 5. The van der Waals surface area contributed by atoms with Crippen molar-refractivity contribution in [2.45, 2.75) is 19.2 Å². The molecular weight excluding hydrogens is 304 g/mol. The number of allylic oxidation sites excluding steroid dienone is 1. The molecule has 1 aliphatic rings. The highest BCUT2D eigenvalue weighted by molar-refractivity contribution is 9.08. The smallest absolute Gasteiger partial charge is 0.131 e. The second kappa shape index (κ2) is 6.61. The Balaban J connectivity index is 2.29. The van der Waals surface area contributed by atoms with Crippen LogP contribution >= 0.6 is 15.9 Å². The summed E-state index contributed by atoms with van der Waals surface area (Å²) in [6.45, 7) is 6.14. The summed E-state index contributed by atoms with van der Waals surface area (Å²) in [4.78, 5) is 2.18. The minimum Gasteiger partial charge on any atom is -0.376 e. The van der Waals surface area contributed by atoms with E-state index in [0.717, 1.165) is 35.4 Å². The molecule has 1 aromatic carbocycles. The van der Waals surface area contributed by atoms with E-state index in [2.05, 4.69) is 62.2 Å². The molecule has 0 atom stereocenters. The third kappa shape index (κ3) is 3.29. The molecular formula is C14H17BrN4. The van der Waals surface area contributed by atoms with Crippen LogP contribution < -0.4 is 0 Å². The fourth-order valence-corrected chi connectivity index (χ4v) is 2.24. The molecule has 0 radical (unpaired) electrons. The van der Waals surface area contributed by atoms with Crippen LogP contribution in [0, 0.1) is 0 Å². The molecule has 0 saturated heterocycles. The van der Waals surface area contributed by atoms with Crippen LogP contribution in [0.25, 0.3) is 0 Å². The molecule has 0 fully saturated rings. The molecule has 1 heterocycles. The number of hydrogen-bond donors (Lipinski definition) is 0. The van der Waals surface area contributed by atoms with Gasteiger partial charge in [-0.15, -0.1) is 10.2 Å². The lowest BCUT2D eigenvalue weighted by atomic mass is 10.1. The fraction of sp³-hybridized carbons (Fsp3) is 0.357. The molecule has 1 aromatic rings. The van der Waals surface area contributed by atoms with Gasteiger partial charge in [-0.05, 0) is 30.7 Å². The quantitative estimate of drug-likeness (QED) is 0.757. The van der Waals surface area contributed by atoms with E-state index < -0.39 is 0 Å². The highest BCUT2D eigenvalue weighted by atomic mass is 79.9. The van der Waals surface area contributed by atoms with Gasteiger partial charge in [-0.2, -0.15) is 0 Å². The zero-order valence-electron chi connectivity index (χ0n) is 11.2. The predicted octanol–water partition coefficient (Wildman–Crippen LogP) is 3.93. The maximum Gasteiger partial charge on any atom is 0.131 e. The number of hydrogen-bond acceptors (Lipinski definition) is 4. The van der Waals surface area contributed by atoms with Crippen molar-refractivity contribution in [3.63, 3.8) is 0 Å². The summed E-state index contributed by atoms with van der Waals surface area (Å²) in [5.41, 5.74) is 3.94. The molecule has 0 aromatic heterocycles. The summed E-state index contributed by atoms with van der Waals surface area (Å²) in [7, 11) is 0. The van der Waals surface area contributed by atoms with E-state index >= 15 is 0 Å². The molecule has 2 rings (SSSR count). The van der Waals surface area contributed by atoms with E-state index in [9.17, 15) is 0 Å². The molecule has 0 bridgehead atoms. The summed E-state index contributed by atoms with van der Waals surface area (Å²) in [5.74, 6) is 0. The van der Waals surface area contributed by atoms with Gasteiger partial charge in [0, 0.05) is 30.2 Å². The van der Waals surface area contributed by atoms with Gasteiger partial charge in [0.05, 0.1) is 0 Å². The van der Waals surface area contributed by atoms with Crippen molar-refractivity contribution in [2.24, 2.45) is 15.4 Å². The van der Waals surface area contributed by atoms with Crippen LogP contribution in [-0.2, 0) is 5.33 Å². The first-order valence-corrected chi connectivity index (χ1v) is 7.50. The Bertz CT molecular complexity index is 530. The minimum atomic E-state index is 0.829. The molecule has 0 amide bonds. The average molecular weight is 321 g/mol. The first kappa shape index (κ1) is 13.9. The lowest BCUT2D eigenvalue weighted by Crippen LogP contribution is -2.17. The van der Waals surface area contributed by atoms with Gasteiger partial charge in [0.2, 0.25) is 0 Å². The number of nitrogens with zero attached hydrogens (tertiary/aromatic N) is 4. The standard InChI is InChI=1S/C14H17BrN4/c1-3-19(4-2)10-13-14(17-18-16-13)12-7-5-6-11(8-12)9-15/h5-8,10H,3-4,9H2,1-2H3. The molecule has 0 unspecified atom stereocenters. The molecule has 0 spiro atoms. The van der Waals surface area contributed by atoms with Crippen LogP contribution in [0.2, 0.25) is 0 Å². The predicted molar refractivity (Wildman–Crippen MR) is 81.5 cm³/mol. The van der Waals surface area contributed by atoms with Gasteiger partial charge in [-0.1, -0.05) is 34.1 Å². The zero-order chi connectivity index (χ0) is 13.7. The van der Waals surface area contributed by atoms with Gasteiger partial charge in [-0.25, -0.2) is 0 Å². The Kier molecular flexibility index (Phi) is 4.85. The van der Waals surface area contributed by atoms with Crippen LogP contribution in [0.5, 0.6) is 0 Å². The van der Waals surface area contributed by atoms with Gasteiger partial charge in [-0.3, -0.25) is 0 Å². The Labute approximate surface area is 122 Å². The Morgan fingerprint density at radius 2 is 2.05 bits per heavy atom. The van der Waals surface area contributed by atoms with Crippen molar-refractivity contribution in [2.75, 3.05) is 13.1 Å². The lowest BCUT2D eigenvalue weighted by molar-refractivity contribution is 0.416. The van der Waals surface area contributed by atoms with Crippen molar-refractivity contribution in [1.82, 2.24) is 4.90 Å². The SMILES string of the molecule is CCN(C=C1N=NN=C1c1cccc(CBr)c1)CC. The van der Waals surface area contributed by atoms with E-state index in [1.807, 2.05) is 18.3 Å². The largest absolute Gasteiger partial charge is 0.376 e. The fourth-order valence-electron chi connectivity index (χ4n) is 1.89. The highest BCUT2D eigenvalue weighted by Crippen LogP contribution is 2.19. The van der Waals surface area contributed by atoms with E-state index in [-0.39, 0.29) is 0 Å². The van der Waals surface area contributed by atoms with Gasteiger partial charge in [0.25, 0.3) is 0 Å². The third-order valence-corrected chi connectivity index (χ3v) is 3.66. The summed E-state index contributed by atoms with van der Waals surface area (Å²) < 4.78 is 0. The topological polar surface area (TPSA) is 40.3 Å². The molecule has 0 saturated carbocycles. The van der Waals surface area contributed by atoms with E-state index in [4.69, 9.17) is 0 Å². The normalized spacial score (nSPS) is 15.9. The molecule has 0 N–H and O–H groups in total. The Morgan fingerprint density at radius 3 is 2.74 bits per heavy atom. The molecule has 1 aliphatic heterocycles. The molecule has 5 heteroatoms. The third-order valence-electron chi connectivity index (χ3n) is 3.01. The molecule has 100 valence electrons. The number of benzene rings is 1. The van der Waals surface area contributed by atoms with Crippen LogP contribution in [0.4, 0.5) is 0 Å². The monoisotopic (exact) mass is 320 g/mol. The van der Waals surface area contributed by atoms with Crippen LogP contribution in [0.15, 0.2) is 51.6 Å². The average Bonchev–Trinajstić information content (AvgIpc) is 2.93. The molecule has 0 aliphatic carbocycles. The highest BCUT2D eigenvalue weighted by Gasteiger charge is 2.16. The summed E-state index contributed by atoms with van der Waals surface area (Å²) in [6, 6.07) is 8.26. The van der Waals surface area contributed by atoms with Gasteiger partial charge in [0.1, 0.15) is 11.4 Å². The van der Waals surface area contributed by atoms with Crippen LogP contribution in [-0.4, -0.2) is 23.7 Å². The second-order valence-corrected chi connectivity index (χ2v) is 4.77. The van der Waals surface area contributed by atoms with E-state index in [1.165, 1.54) is 5.56 Å². The van der Waals surface area contributed by atoms with E-state index in [1.54, 1.807) is 0 Å². The molecule has 4 nitrogen and oxygen atoms in total. The maximum atomic E-state index is 4.15. The van der Waals surface area contributed by atoms with Crippen LogP contribution in [0.3, 0.4) is 0 Å². The number of halogens is 1. The minimum absolute atomic E-state index is 0.829. The van der Waals surface area contributed by atoms with Crippen molar-refractivity contribution in [3.05, 3.63) is 47.3 Å². The van der Waals surface area contributed by atoms with Crippen LogP contribution in [0.1, 0.15) is 25.0 Å². The molecule has 19 heavy (non-hydrogen) atoms. The van der Waals surface area contributed by atoms with Crippen molar-refractivity contribution in [1.29, 1.82) is 0 Å². The van der Waals surface area contributed by atoms with Crippen molar-refractivity contribution < 1.29 is 0 Å². The lowest BCUT2D eigenvalue weighted by Gasteiger charge is -2.15. The van der Waals surface area contributed by atoms with Gasteiger partial charge < -0.3 is 4.90 Å². The summed E-state index contributed by atoms with van der Waals surface area (Å²) in [5, 5.41) is 12.9. The maximum absolute atomic E-state index is 4.15. The van der Waals surface area contributed by atoms with E-state index in [0.29, 0.717) is 0 Å². The van der Waals surface area contributed by atoms with Crippen molar-refractivity contribution >= 4 is 21.6 Å². The first-order chi connectivity index (χ1) is 9.28. The number of alkyl halides is 1. The van der Waals surface area contributed by atoms with Crippen molar-refractivity contribution in [3.8, 4) is 0 Å². The first-order valence-electron chi connectivity index (χ1n) is 6.38. The Morgan fingerprint density at radius 1 is 1.26 bits per heavy atom. The summed E-state index contributed by atoms with van der Waals surface area (Å²) in [6.07, 6.45) is 2.02. The Hall–Kier alpha value is -1.49. The van der Waals surface area contributed by atoms with Gasteiger partial charge in [0.15, 0.2) is 0 Å². The van der Waals surface area contributed by atoms with Gasteiger partial charge >= 0.3 is 0 Å². The second-order valence-electron chi connectivity index (χ2n) is 4.21. The summed E-state index contributed by atoms with van der Waals surface area (Å²) >= 11 is 3.47.